The molecule has 0 aromatic carbocycles. The molecule has 0 unspecified atom stereocenters. The van der Waals surface area contributed by atoms with Crippen molar-refractivity contribution >= 4 is 22.8 Å². The van der Waals surface area contributed by atoms with Gasteiger partial charge in [0.15, 0.2) is 0 Å². The molecule has 0 aliphatic heterocycles. The minimum atomic E-state index is -0.0697. The number of amides is 1. The van der Waals surface area contributed by atoms with Crippen molar-refractivity contribution in [3.05, 3.63) is 30.7 Å². The predicted octanol–water partition coefficient (Wildman–Crippen LogP) is 2.53. The lowest BCUT2D eigenvalue weighted by Crippen LogP contribution is -2.23. The third kappa shape index (κ3) is 3.22. The summed E-state index contributed by atoms with van der Waals surface area (Å²) in [7, 11) is 1.62. The zero-order valence-corrected chi connectivity index (χ0v) is 14.2. The van der Waals surface area contributed by atoms with Gasteiger partial charge in [0.05, 0.1) is 6.20 Å². The number of fused-ring (bicyclic) bond motifs is 1. The molecule has 3 aromatic heterocycles. The third-order valence-electron chi connectivity index (χ3n) is 4.76. The van der Waals surface area contributed by atoms with Crippen molar-refractivity contribution in [2.45, 2.75) is 38.3 Å². The number of anilines is 1. The van der Waals surface area contributed by atoms with Gasteiger partial charge in [0.1, 0.15) is 18.0 Å². The third-order valence-corrected chi connectivity index (χ3v) is 4.76. The molecule has 3 aromatic rings. The van der Waals surface area contributed by atoms with Gasteiger partial charge in [-0.2, -0.15) is 5.10 Å². The van der Waals surface area contributed by atoms with E-state index in [2.05, 4.69) is 26.8 Å². The second-order valence-electron chi connectivity index (χ2n) is 6.52. The number of likely N-dealkylation sites (N-methyl/N-ethyl adjacent to an activating group) is 1. The Morgan fingerprint density at radius 2 is 2.24 bits per heavy atom. The first kappa shape index (κ1) is 15.7. The first-order chi connectivity index (χ1) is 12.2. The van der Waals surface area contributed by atoms with Crippen LogP contribution >= 0.6 is 0 Å². The van der Waals surface area contributed by atoms with Gasteiger partial charge < -0.3 is 15.6 Å². The van der Waals surface area contributed by atoms with Crippen molar-refractivity contribution in [1.82, 2.24) is 25.1 Å². The van der Waals surface area contributed by atoms with Crippen LogP contribution in [0, 0.1) is 0 Å². The van der Waals surface area contributed by atoms with Gasteiger partial charge in [0.25, 0.3) is 0 Å². The van der Waals surface area contributed by atoms with Gasteiger partial charge in [-0.15, -0.1) is 0 Å². The fourth-order valence-electron chi connectivity index (χ4n) is 3.45. The number of pyridine rings is 1. The average Bonchev–Trinajstić information content (AvgIpc) is 3.35. The molecule has 1 saturated carbocycles. The normalized spacial score (nSPS) is 14.9. The van der Waals surface area contributed by atoms with E-state index in [4.69, 9.17) is 4.98 Å². The number of rotatable bonds is 5. The fourth-order valence-corrected chi connectivity index (χ4v) is 3.45. The second kappa shape index (κ2) is 6.58. The summed E-state index contributed by atoms with van der Waals surface area (Å²) in [5.74, 6) is 0.815. The number of nitrogens with zero attached hydrogens (tertiary/aromatic N) is 3. The molecular formula is C18H22N6O. The van der Waals surface area contributed by atoms with E-state index in [1.54, 1.807) is 17.9 Å². The van der Waals surface area contributed by atoms with Crippen LogP contribution in [0.5, 0.6) is 0 Å². The monoisotopic (exact) mass is 338 g/mol. The minimum Gasteiger partial charge on any atom is -0.367 e. The van der Waals surface area contributed by atoms with Crippen LogP contribution in [0.25, 0.3) is 22.2 Å². The van der Waals surface area contributed by atoms with E-state index in [1.165, 1.54) is 25.7 Å². The van der Waals surface area contributed by atoms with Crippen LogP contribution in [-0.4, -0.2) is 38.7 Å². The molecule has 0 bridgehead atoms. The van der Waals surface area contributed by atoms with Gasteiger partial charge in [0, 0.05) is 36.4 Å². The number of hydrogen-bond donors (Lipinski definition) is 3. The van der Waals surface area contributed by atoms with Crippen molar-refractivity contribution in [3.8, 4) is 11.1 Å². The first-order valence-electron chi connectivity index (χ1n) is 8.71. The minimum absolute atomic E-state index is 0.0697. The zero-order valence-electron chi connectivity index (χ0n) is 14.2. The van der Waals surface area contributed by atoms with E-state index in [-0.39, 0.29) is 12.5 Å². The smallest absolute Gasteiger partial charge is 0.241 e. The number of H-pyrrole nitrogens is 1. The number of aromatic nitrogens is 4. The van der Waals surface area contributed by atoms with E-state index >= 15 is 0 Å². The van der Waals surface area contributed by atoms with Crippen molar-refractivity contribution in [2.75, 3.05) is 12.4 Å². The lowest BCUT2D eigenvalue weighted by Gasteiger charge is -2.14. The number of carbonyl (C=O) groups excluding carboxylic acids is 1. The number of aromatic amines is 1. The summed E-state index contributed by atoms with van der Waals surface area (Å²) in [6, 6.07) is 4.60. The Hall–Kier alpha value is -2.83. The Bertz CT molecular complexity index is 890. The molecule has 0 saturated heterocycles. The van der Waals surface area contributed by atoms with Crippen LogP contribution in [0.2, 0.25) is 0 Å². The van der Waals surface area contributed by atoms with E-state index in [9.17, 15) is 4.79 Å². The molecule has 130 valence electrons. The molecule has 1 fully saturated rings. The molecular weight excluding hydrogens is 316 g/mol. The summed E-state index contributed by atoms with van der Waals surface area (Å²) < 4.78 is 1.65. The molecule has 4 rings (SSSR count). The van der Waals surface area contributed by atoms with Crippen LogP contribution in [0.4, 0.5) is 5.82 Å². The standard InChI is InChI=1S/C18H22N6O/c1-19-17(25)11-24-10-12(9-21-24)15-8-16(22-13-4-2-3-5-13)23-18-14(15)6-7-20-18/h6-10,13H,2-5,11H2,1H3,(H,19,25)(H2,20,22,23). The highest BCUT2D eigenvalue weighted by Gasteiger charge is 2.17. The maximum atomic E-state index is 11.5. The maximum Gasteiger partial charge on any atom is 0.241 e. The highest BCUT2D eigenvalue weighted by Crippen LogP contribution is 2.31. The molecule has 0 radical (unpaired) electrons. The molecule has 3 N–H and O–H groups in total. The van der Waals surface area contributed by atoms with Gasteiger partial charge in [-0.1, -0.05) is 12.8 Å². The Labute approximate surface area is 145 Å². The van der Waals surface area contributed by atoms with Crippen molar-refractivity contribution in [1.29, 1.82) is 0 Å². The molecule has 1 aliphatic rings. The number of carbonyl (C=O) groups is 1. The topological polar surface area (TPSA) is 87.6 Å². The van der Waals surface area contributed by atoms with Gasteiger partial charge in [-0.05, 0) is 30.5 Å². The molecule has 7 nitrogen and oxygen atoms in total. The van der Waals surface area contributed by atoms with Crippen LogP contribution in [0.3, 0.4) is 0 Å². The van der Waals surface area contributed by atoms with Crippen LogP contribution in [0.1, 0.15) is 25.7 Å². The highest BCUT2D eigenvalue weighted by molar-refractivity contribution is 5.94. The summed E-state index contributed by atoms with van der Waals surface area (Å²) >= 11 is 0. The summed E-state index contributed by atoms with van der Waals surface area (Å²) in [6.45, 7) is 0.213. The summed E-state index contributed by atoms with van der Waals surface area (Å²) in [5.41, 5.74) is 2.90. The second-order valence-corrected chi connectivity index (χ2v) is 6.52. The van der Waals surface area contributed by atoms with Crippen LogP contribution in [-0.2, 0) is 11.3 Å². The summed E-state index contributed by atoms with van der Waals surface area (Å²) in [6.07, 6.45) is 10.5. The zero-order chi connectivity index (χ0) is 17.2. The molecule has 1 amide bonds. The Balaban J connectivity index is 1.67. The lowest BCUT2D eigenvalue weighted by atomic mass is 10.1. The summed E-state index contributed by atoms with van der Waals surface area (Å²) in [4.78, 5) is 19.4. The molecule has 0 atom stereocenters. The fraction of sp³-hybridized carbons (Fsp3) is 0.389. The maximum absolute atomic E-state index is 11.5. The average molecular weight is 338 g/mol. The van der Waals surface area contributed by atoms with E-state index in [0.29, 0.717) is 6.04 Å². The van der Waals surface area contributed by atoms with Crippen molar-refractivity contribution in [3.63, 3.8) is 0 Å². The quantitative estimate of drug-likeness (QED) is 0.667. The number of hydrogen-bond acceptors (Lipinski definition) is 4. The Morgan fingerprint density at radius 1 is 1.40 bits per heavy atom. The predicted molar refractivity (Wildman–Crippen MR) is 97.3 cm³/mol. The molecule has 0 spiro atoms. The van der Waals surface area contributed by atoms with Crippen molar-refractivity contribution < 1.29 is 4.79 Å². The lowest BCUT2D eigenvalue weighted by molar-refractivity contribution is -0.121. The van der Waals surface area contributed by atoms with Gasteiger partial charge in [-0.3, -0.25) is 9.48 Å². The van der Waals surface area contributed by atoms with Crippen LogP contribution in [0.15, 0.2) is 30.7 Å². The Morgan fingerprint density at radius 3 is 3.04 bits per heavy atom. The summed E-state index contributed by atoms with van der Waals surface area (Å²) in [5, 5.41) is 11.5. The molecule has 7 heteroatoms. The molecule has 1 aliphatic carbocycles. The Kier molecular flexibility index (Phi) is 4.13. The van der Waals surface area contributed by atoms with E-state index in [0.717, 1.165) is 28.0 Å². The van der Waals surface area contributed by atoms with Crippen molar-refractivity contribution in [2.24, 2.45) is 0 Å². The highest BCUT2D eigenvalue weighted by atomic mass is 16.1. The van der Waals surface area contributed by atoms with E-state index in [1.807, 2.05) is 18.5 Å². The van der Waals surface area contributed by atoms with Gasteiger partial charge >= 0.3 is 0 Å². The molecule has 3 heterocycles. The number of nitrogens with one attached hydrogen (secondary N) is 3. The van der Waals surface area contributed by atoms with Gasteiger partial charge in [0.2, 0.25) is 5.91 Å². The molecule has 25 heavy (non-hydrogen) atoms. The largest absolute Gasteiger partial charge is 0.367 e. The van der Waals surface area contributed by atoms with Crippen LogP contribution < -0.4 is 10.6 Å². The first-order valence-corrected chi connectivity index (χ1v) is 8.71. The van der Waals surface area contributed by atoms with E-state index < -0.39 is 0 Å². The van der Waals surface area contributed by atoms with Gasteiger partial charge in [-0.25, -0.2) is 4.98 Å². The SMILES string of the molecule is CNC(=O)Cn1cc(-c2cc(NC3CCCC3)nc3[nH]ccc23)cn1.